The highest BCUT2D eigenvalue weighted by molar-refractivity contribution is 6.27. The summed E-state index contributed by atoms with van der Waals surface area (Å²) >= 11 is 12.6. The van der Waals surface area contributed by atoms with Crippen LogP contribution in [0.15, 0.2) is 0 Å². The van der Waals surface area contributed by atoms with E-state index in [1.54, 1.807) is 4.42 Å². The van der Waals surface area contributed by atoms with Gasteiger partial charge in [0, 0.05) is 58.9 Å². The van der Waals surface area contributed by atoms with Crippen molar-refractivity contribution in [3.05, 3.63) is 0 Å². The number of halogens is 2. The SMILES string of the molecule is C[C@@]1(Cl)CNCCNCCNCCNCCN1Cl. The van der Waals surface area contributed by atoms with Gasteiger partial charge in [0.1, 0.15) is 5.00 Å². The third-order valence-electron chi connectivity index (χ3n) is 2.87. The van der Waals surface area contributed by atoms with Gasteiger partial charge in [0.15, 0.2) is 0 Å². The Morgan fingerprint density at radius 2 is 1.28 bits per heavy atom. The molecule has 108 valence electrons. The molecule has 1 aliphatic rings. The number of rotatable bonds is 0. The number of nitrogens with one attached hydrogen (secondary N) is 4. The van der Waals surface area contributed by atoms with E-state index in [4.69, 9.17) is 23.4 Å². The van der Waals surface area contributed by atoms with Crippen molar-refractivity contribution < 1.29 is 0 Å². The molecular formula is C11H25Cl2N5. The zero-order valence-corrected chi connectivity index (χ0v) is 12.6. The van der Waals surface area contributed by atoms with Gasteiger partial charge in [0.05, 0.1) is 0 Å². The lowest BCUT2D eigenvalue weighted by atomic mass is 10.3. The van der Waals surface area contributed by atoms with Crippen LogP contribution >= 0.6 is 23.4 Å². The lowest BCUT2D eigenvalue weighted by Gasteiger charge is -2.31. The average Bonchev–Trinajstić information content (AvgIpc) is 2.34. The van der Waals surface area contributed by atoms with Crippen molar-refractivity contribution in [3.8, 4) is 0 Å². The first-order chi connectivity index (χ1) is 8.63. The van der Waals surface area contributed by atoms with E-state index in [0.29, 0.717) is 6.54 Å². The largest absolute Gasteiger partial charge is 0.314 e. The fourth-order valence-corrected chi connectivity index (χ4v) is 2.04. The summed E-state index contributed by atoms with van der Waals surface area (Å²) in [5, 5.41) is 13.4. The van der Waals surface area contributed by atoms with E-state index in [0.717, 1.165) is 52.4 Å². The van der Waals surface area contributed by atoms with E-state index in [2.05, 4.69) is 21.3 Å². The Labute approximate surface area is 120 Å². The van der Waals surface area contributed by atoms with Crippen molar-refractivity contribution in [2.45, 2.75) is 11.9 Å². The van der Waals surface area contributed by atoms with Crippen LogP contribution < -0.4 is 21.3 Å². The van der Waals surface area contributed by atoms with Gasteiger partial charge in [-0.2, -0.15) is 4.42 Å². The van der Waals surface area contributed by atoms with Crippen LogP contribution in [0.1, 0.15) is 6.92 Å². The monoisotopic (exact) mass is 297 g/mol. The lowest BCUT2D eigenvalue weighted by molar-refractivity contribution is 0.301. The van der Waals surface area contributed by atoms with Crippen molar-refractivity contribution in [2.24, 2.45) is 0 Å². The van der Waals surface area contributed by atoms with Crippen LogP contribution in [-0.4, -0.2) is 68.3 Å². The van der Waals surface area contributed by atoms with Crippen molar-refractivity contribution in [3.63, 3.8) is 0 Å². The van der Waals surface area contributed by atoms with Gasteiger partial charge in [-0.3, -0.25) is 0 Å². The number of hydrogen-bond donors (Lipinski definition) is 4. The molecule has 1 heterocycles. The molecule has 5 nitrogen and oxygen atoms in total. The Bertz CT molecular complexity index is 216. The van der Waals surface area contributed by atoms with Crippen molar-refractivity contribution in [2.75, 3.05) is 58.9 Å². The second-order valence-electron chi connectivity index (χ2n) is 4.65. The second kappa shape index (κ2) is 9.31. The molecule has 1 aliphatic heterocycles. The molecule has 0 saturated carbocycles. The van der Waals surface area contributed by atoms with Gasteiger partial charge in [-0.1, -0.05) is 11.6 Å². The smallest absolute Gasteiger partial charge is 0.119 e. The third-order valence-corrected chi connectivity index (χ3v) is 3.84. The molecule has 1 atom stereocenters. The van der Waals surface area contributed by atoms with E-state index < -0.39 is 5.00 Å². The van der Waals surface area contributed by atoms with E-state index in [-0.39, 0.29) is 0 Å². The summed E-state index contributed by atoms with van der Waals surface area (Å²) in [5.74, 6) is 0. The fourth-order valence-electron chi connectivity index (χ4n) is 1.72. The topological polar surface area (TPSA) is 51.4 Å². The second-order valence-corrected chi connectivity index (χ2v) is 5.88. The molecule has 0 spiro atoms. The van der Waals surface area contributed by atoms with Crippen LogP contribution in [0.25, 0.3) is 0 Å². The van der Waals surface area contributed by atoms with E-state index in [1.165, 1.54) is 0 Å². The van der Waals surface area contributed by atoms with Crippen LogP contribution in [0, 0.1) is 0 Å². The number of nitrogens with zero attached hydrogens (tertiary/aromatic N) is 1. The number of alkyl halides is 1. The van der Waals surface area contributed by atoms with Gasteiger partial charge < -0.3 is 21.3 Å². The predicted octanol–water partition coefficient (Wildman–Crippen LogP) is -0.231. The van der Waals surface area contributed by atoms with Crippen molar-refractivity contribution in [1.82, 2.24) is 25.7 Å². The zero-order chi connectivity index (χ0) is 13.3. The highest BCUT2D eigenvalue weighted by Crippen LogP contribution is 2.21. The Kier molecular flexibility index (Phi) is 8.50. The fraction of sp³-hybridized carbons (Fsp3) is 1.00. The average molecular weight is 298 g/mol. The van der Waals surface area contributed by atoms with Crippen LogP contribution in [0.2, 0.25) is 0 Å². The highest BCUT2D eigenvalue weighted by atomic mass is 35.5. The predicted molar refractivity (Wildman–Crippen MR) is 78.3 cm³/mol. The Balaban J connectivity index is 2.34. The summed E-state index contributed by atoms with van der Waals surface area (Å²) < 4.78 is 1.66. The van der Waals surface area contributed by atoms with Gasteiger partial charge in [-0.25, -0.2) is 0 Å². The van der Waals surface area contributed by atoms with Crippen LogP contribution in [0.3, 0.4) is 0 Å². The maximum atomic E-state index is 6.40. The first-order valence-electron chi connectivity index (χ1n) is 6.58. The van der Waals surface area contributed by atoms with E-state index >= 15 is 0 Å². The van der Waals surface area contributed by atoms with Crippen LogP contribution in [-0.2, 0) is 0 Å². The molecule has 0 radical (unpaired) electrons. The summed E-state index contributed by atoms with van der Waals surface area (Å²) in [6.45, 7) is 9.90. The summed E-state index contributed by atoms with van der Waals surface area (Å²) in [6.07, 6.45) is 0. The number of hydrogen-bond acceptors (Lipinski definition) is 5. The first kappa shape index (κ1) is 16.4. The van der Waals surface area contributed by atoms with Gasteiger partial charge in [0.2, 0.25) is 0 Å². The minimum absolute atomic E-state index is 0.554. The highest BCUT2D eigenvalue weighted by Gasteiger charge is 2.27. The molecule has 0 amide bonds. The molecule has 1 rings (SSSR count). The molecule has 7 heteroatoms. The normalized spacial score (nSPS) is 31.5. The summed E-state index contributed by atoms with van der Waals surface area (Å²) in [6, 6.07) is 0. The third kappa shape index (κ3) is 7.09. The van der Waals surface area contributed by atoms with E-state index in [9.17, 15) is 0 Å². The molecule has 0 unspecified atom stereocenters. The van der Waals surface area contributed by atoms with Gasteiger partial charge in [0.25, 0.3) is 0 Å². The molecule has 0 aliphatic carbocycles. The Morgan fingerprint density at radius 1 is 0.833 bits per heavy atom. The quantitative estimate of drug-likeness (QED) is 0.283. The molecular weight excluding hydrogens is 273 g/mol. The zero-order valence-electron chi connectivity index (χ0n) is 11.1. The standard InChI is InChI=1S/C11H25Cl2N5/c1-11(12)10-17-7-6-15-3-2-14-4-5-16-8-9-18(11)13/h14-17H,2-10H2,1H3/t11-/m0/s1. The summed E-state index contributed by atoms with van der Waals surface area (Å²) in [7, 11) is 0. The summed E-state index contributed by atoms with van der Waals surface area (Å²) in [4.78, 5) is -0.554. The molecule has 4 N–H and O–H groups in total. The van der Waals surface area contributed by atoms with Crippen LogP contribution in [0.5, 0.6) is 0 Å². The lowest BCUT2D eigenvalue weighted by Crippen LogP contribution is -2.47. The van der Waals surface area contributed by atoms with Gasteiger partial charge in [-0.05, 0) is 18.7 Å². The Morgan fingerprint density at radius 3 is 1.83 bits per heavy atom. The molecule has 0 bridgehead atoms. The Hall–Kier alpha value is 0.380. The molecule has 0 aromatic rings. The minimum atomic E-state index is -0.554. The van der Waals surface area contributed by atoms with Gasteiger partial charge in [-0.15, -0.1) is 0 Å². The molecule has 18 heavy (non-hydrogen) atoms. The molecule has 0 aromatic carbocycles. The maximum Gasteiger partial charge on any atom is 0.119 e. The maximum absolute atomic E-state index is 6.40. The molecule has 1 saturated heterocycles. The van der Waals surface area contributed by atoms with Crippen molar-refractivity contribution >= 4 is 23.4 Å². The first-order valence-corrected chi connectivity index (χ1v) is 7.30. The minimum Gasteiger partial charge on any atom is -0.314 e. The van der Waals surface area contributed by atoms with Gasteiger partial charge >= 0.3 is 0 Å². The van der Waals surface area contributed by atoms with Crippen LogP contribution in [0.4, 0.5) is 0 Å². The molecule has 1 fully saturated rings. The van der Waals surface area contributed by atoms with E-state index in [1.807, 2.05) is 6.92 Å². The summed E-state index contributed by atoms with van der Waals surface area (Å²) in [5.41, 5.74) is 0. The molecule has 0 aromatic heterocycles. The van der Waals surface area contributed by atoms with Crippen molar-refractivity contribution in [1.29, 1.82) is 0 Å².